The Morgan fingerprint density at radius 2 is 2.22 bits per heavy atom. The topological polar surface area (TPSA) is 114 Å². The van der Waals surface area contributed by atoms with Gasteiger partial charge in [-0.3, -0.25) is 9.69 Å². The molecule has 0 spiro atoms. The number of imide groups is 1. The molecule has 1 aromatic rings. The van der Waals surface area contributed by atoms with E-state index in [0.29, 0.717) is 6.42 Å². The number of nitrogens with two attached hydrogens (primary N) is 1. The van der Waals surface area contributed by atoms with Crippen molar-refractivity contribution in [3.63, 3.8) is 0 Å². The lowest BCUT2D eigenvalue weighted by Gasteiger charge is -2.18. The van der Waals surface area contributed by atoms with E-state index in [4.69, 9.17) is 10.3 Å². The summed E-state index contributed by atoms with van der Waals surface area (Å²) in [6.45, 7) is 3.64. The third kappa shape index (κ3) is 1.94. The monoisotopic (exact) mass is 253 g/mol. The first-order chi connectivity index (χ1) is 8.50. The third-order valence-electron chi connectivity index (χ3n) is 3.04. The smallest absolute Gasteiger partial charge is 0.325 e. The summed E-state index contributed by atoms with van der Waals surface area (Å²) in [4.78, 5) is 28.8. The molecule has 98 valence electrons. The Hall–Kier alpha value is -1.96. The molecule has 1 atom stereocenters. The molecule has 3 N–H and O–H groups in total. The van der Waals surface area contributed by atoms with Crippen molar-refractivity contribution in [3.8, 4) is 0 Å². The van der Waals surface area contributed by atoms with Gasteiger partial charge in [0.05, 0.1) is 13.1 Å². The van der Waals surface area contributed by atoms with Crippen LogP contribution < -0.4 is 11.1 Å². The van der Waals surface area contributed by atoms with E-state index in [1.165, 1.54) is 0 Å². The fraction of sp³-hybridized carbons (Fsp3) is 0.600. The van der Waals surface area contributed by atoms with E-state index in [1.54, 1.807) is 6.92 Å². The van der Waals surface area contributed by atoms with Crippen molar-refractivity contribution in [2.24, 2.45) is 5.73 Å². The number of nitrogens with one attached hydrogen (secondary N) is 1. The molecule has 8 heteroatoms. The second-order valence-corrected chi connectivity index (χ2v) is 4.32. The molecule has 2 rings (SSSR count). The van der Waals surface area contributed by atoms with Gasteiger partial charge in [0, 0.05) is 0 Å². The minimum absolute atomic E-state index is 0.0102. The number of amides is 3. The molecule has 2 heterocycles. The number of nitrogens with zero attached hydrogens (tertiary/aromatic N) is 3. The van der Waals surface area contributed by atoms with Crippen LogP contribution in [-0.2, 0) is 17.9 Å². The third-order valence-corrected chi connectivity index (χ3v) is 3.04. The van der Waals surface area contributed by atoms with Gasteiger partial charge in [0.15, 0.2) is 5.82 Å². The van der Waals surface area contributed by atoms with Crippen LogP contribution in [0.5, 0.6) is 0 Å². The molecular weight excluding hydrogens is 238 g/mol. The van der Waals surface area contributed by atoms with Gasteiger partial charge in [-0.1, -0.05) is 12.1 Å². The fourth-order valence-corrected chi connectivity index (χ4v) is 1.71. The molecule has 8 nitrogen and oxygen atoms in total. The van der Waals surface area contributed by atoms with Gasteiger partial charge in [-0.05, 0) is 13.3 Å². The van der Waals surface area contributed by atoms with E-state index in [9.17, 15) is 9.59 Å². The molecule has 0 bridgehead atoms. The summed E-state index contributed by atoms with van der Waals surface area (Å²) in [5, 5.41) is 6.30. The zero-order valence-corrected chi connectivity index (χ0v) is 10.3. The summed E-state index contributed by atoms with van der Waals surface area (Å²) >= 11 is 0. The van der Waals surface area contributed by atoms with Crippen LogP contribution in [0.15, 0.2) is 4.52 Å². The largest absolute Gasteiger partial charge is 0.338 e. The van der Waals surface area contributed by atoms with Crippen molar-refractivity contribution in [3.05, 3.63) is 11.7 Å². The van der Waals surface area contributed by atoms with E-state index >= 15 is 0 Å². The van der Waals surface area contributed by atoms with Crippen molar-refractivity contribution >= 4 is 11.9 Å². The highest BCUT2D eigenvalue weighted by atomic mass is 16.5. The van der Waals surface area contributed by atoms with E-state index in [-0.39, 0.29) is 30.7 Å². The number of urea groups is 1. The molecule has 1 fully saturated rings. The van der Waals surface area contributed by atoms with Gasteiger partial charge in [0.1, 0.15) is 5.54 Å². The van der Waals surface area contributed by atoms with Gasteiger partial charge in [0.2, 0.25) is 5.89 Å². The van der Waals surface area contributed by atoms with Crippen LogP contribution >= 0.6 is 0 Å². The lowest BCUT2D eigenvalue weighted by Crippen LogP contribution is -2.43. The number of carbonyl (C=O) groups is 2. The first kappa shape index (κ1) is 12.5. The molecule has 0 aliphatic carbocycles. The van der Waals surface area contributed by atoms with E-state index in [1.807, 2.05) is 6.92 Å². The SMILES string of the molecule is CCC1(C)NC(=O)N(Cc2noc(CN)n2)C1=O. The van der Waals surface area contributed by atoms with Crippen LogP contribution in [0.2, 0.25) is 0 Å². The summed E-state index contributed by atoms with van der Waals surface area (Å²) in [5.74, 6) is 0.253. The van der Waals surface area contributed by atoms with Crippen molar-refractivity contribution in [2.75, 3.05) is 0 Å². The number of hydrogen-bond donors (Lipinski definition) is 2. The Morgan fingerprint density at radius 3 is 2.72 bits per heavy atom. The Kier molecular flexibility index (Phi) is 3.04. The normalized spacial score (nSPS) is 23.6. The number of rotatable bonds is 4. The van der Waals surface area contributed by atoms with Gasteiger partial charge in [-0.25, -0.2) is 4.79 Å². The van der Waals surface area contributed by atoms with Crippen molar-refractivity contribution in [1.82, 2.24) is 20.4 Å². The van der Waals surface area contributed by atoms with Gasteiger partial charge in [-0.15, -0.1) is 0 Å². The maximum atomic E-state index is 12.1. The number of hydrogen-bond acceptors (Lipinski definition) is 6. The van der Waals surface area contributed by atoms with Crippen LogP contribution in [0.4, 0.5) is 4.79 Å². The van der Waals surface area contributed by atoms with Gasteiger partial charge >= 0.3 is 6.03 Å². The second-order valence-electron chi connectivity index (χ2n) is 4.32. The maximum Gasteiger partial charge on any atom is 0.325 e. The van der Waals surface area contributed by atoms with E-state index in [2.05, 4.69) is 15.5 Å². The molecule has 1 aliphatic rings. The second kappa shape index (κ2) is 4.37. The maximum absolute atomic E-state index is 12.1. The lowest BCUT2D eigenvalue weighted by molar-refractivity contribution is -0.131. The fourth-order valence-electron chi connectivity index (χ4n) is 1.71. The molecule has 3 amide bonds. The predicted molar refractivity (Wildman–Crippen MR) is 60.0 cm³/mol. The van der Waals surface area contributed by atoms with Gasteiger partial charge in [-0.2, -0.15) is 4.98 Å². The zero-order valence-electron chi connectivity index (χ0n) is 10.3. The zero-order chi connectivity index (χ0) is 13.3. The molecule has 1 unspecified atom stereocenters. The van der Waals surface area contributed by atoms with Gasteiger partial charge < -0.3 is 15.6 Å². The lowest BCUT2D eigenvalue weighted by atomic mass is 9.99. The minimum Gasteiger partial charge on any atom is -0.338 e. The van der Waals surface area contributed by atoms with Crippen LogP contribution in [-0.4, -0.2) is 32.5 Å². The van der Waals surface area contributed by atoms with Gasteiger partial charge in [0.25, 0.3) is 5.91 Å². The van der Waals surface area contributed by atoms with Crippen LogP contribution in [0.3, 0.4) is 0 Å². The standard InChI is InChI=1S/C10H15N5O3/c1-3-10(2)8(16)15(9(17)13-10)5-6-12-7(4-11)18-14-6/h3-5,11H2,1-2H3,(H,13,17). The molecule has 1 aromatic heterocycles. The first-order valence-electron chi connectivity index (χ1n) is 5.66. The Bertz CT molecular complexity index is 486. The van der Waals surface area contributed by atoms with Crippen LogP contribution in [0, 0.1) is 0 Å². The van der Waals surface area contributed by atoms with Crippen LogP contribution in [0.1, 0.15) is 32.0 Å². The van der Waals surface area contributed by atoms with Crippen LogP contribution in [0.25, 0.3) is 0 Å². The Labute approximate surface area is 104 Å². The number of carbonyl (C=O) groups excluding carboxylic acids is 2. The first-order valence-corrected chi connectivity index (χ1v) is 5.66. The Balaban J connectivity index is 2.14. The molecule has 1 aliphatic heterocycles. The molecule has 0 aromatic carbocycles. The highest BCUT2D eigenvalue weighted by molar-refractivity contribution is 6.06. The molecule has 0 radical (unpaired) electrons. The summed E-state index contributed by atoms with van der Waals surface area (Å²) in [6.07, 6.45) is 0.522. The predicted octanol–water partition coefficient (Wildman–Crippen LogP) is -0.251. The highest BCUT2D eigenvalue weighted by Gasteiger charge is 2.46. The number of aromatic nitrogens is 2. The molecule has 18 heavy (non-hydrogen) atoms. The molecule has 1 saturated heterocycles. The summed E-state index contributed by atoms with van der Waals surface area (Å²) in [7, 11) is 0. The molecule has 0 saturated carbocycles. The highest BCUT2D eigenvalue weighted by Crippen LogP contribution is 2.21. The molecular formula is C10H15N5O3. The minimum atomic E-state index is -0.850. The summed E-state index contributed by atoms with van der Waals surface area (Å²) < 4.78 is 4.82. The van der Waals surface area contributed by atoms with E-state index in [0.717, 1.165) is 4.90 Å². The summed E-state index contributed by atoms with van der Waals surface area (Å²) in [6, 6.07) is -0.441. The van der Waals surface area contributed by atoms with E-state index < -0.39 is 11.6 Å². The van der Waals surface area contributed by atoms with Crippen molar-refractivity contribution in [1.29, 1.82) is 0 Å². The van der Waals surface area contributed by atoms with Crippen molar-refractivity contribution in [2.45, 2.75) is 38.9 Å². The van der Waals surface area contributed by atoms with Crippen molar-refractivity contribution < 1.29 is 14.1 Å². The summed E-state index contributed by atoms with van der Waals surface area (Å²) in [5.41, 5.74) is 4.48. The quantitative estimate of drug-likeness (QED) is 0.715. The average molecular weight is 253 g/mol. The average Bonchev–Trinajstić information content (AvgIpc) is 2.89. The Morgan fingerprint density at radius 1 is 1.50 bits per heavy atom.